The standard InChI is InChI=1S/C11H24N2O2/c1-6-7-8-9(2)12-13-10(14)15-11(3,4)5/h9,12H,6-8H2,1-5H3,(H,13,14). The molecule has 15 heavy (non-hydrogen) atoms. The Hall–Kier alpha value is -0.770. The predicted octanol–water partition coefficient (Wildman–Crippen LogP) is 2.59. The van der Waals surface area contributed by atoms with E-state index in [0.29, 0.717) is 0 Å². The average molecular weight is 216 g/mol. The van der Waals surface area contributed by atoms with Gasteiger partial charge in [0.15, 0.2) is 0 Å². The highest BCUT2D eigenvalue weighted by Crippen LogP contribution is 2.06. The van der Waals surface area contributed by atoms with Crippen LogP contribution in [-0.2, 0) is 4.74 Å². The third-order valence-electron chi connectivity index (χ3n) is 1.81. The van der Waals surface area contributed by atoms with E-state index in [4.69, 9.17) is 4.74 Å². The molecule has 1 atom stereocenters. The van der Waals surface area contributed by atoms with Gasteiger partial charge in [0.05, 0.1) is 0 Å². The SMILES string of the molecule is CCCCC(C)NNC(=O)OC(C)(C)C. The second-order valence-electron chi connectivity index (χ2n) is 4.81. The van der Waals surface area contributed by atoms with E-state index in [1.165, 1.54) is 6.42 Å². The Morgan fingerprint density at radius 2 is 2.00 bits per heavy atom. The molecule has 90 valence electrons. The van der Waals surface area contributed by atoms with Crippen LogP contribution in [0.3, 0.4) is 0 Å². The predicted molar refractivity (Wildman–Crippen MR) is 61.5 cm³/mol. The van der Waals surface area contributed by atoms with Crippen molar-refractivity contribution >= 4 is 6.09 Å². The summed E-state index contributed by atoms with van der Waals surface area (Å²) in [5, 5.41) is 0. The molecule has 0 heterocycles. The number of carbonyl (C=O) groups is 1. The Bertz CT molecular complexity index is 188. The number of ether oxygens (including phenoxy) is 1. The fraction of sp³-hybridized carbons (Fsp3) is 0.909. The molecular weight excluding hydrogens is 192 g/mol. The van der Waals surface area contributed by atoms with E-state index in [2.05, 4.69) is 17.8 Å². The van der Waals surface area contributed by atoms with Crippen LogP contribution in [0.15, 0.2) is 0 Å². The maximum Gasteiger partial charge on any atom is 0.422 e. The highest BCUT2D eigenvalue weighted by Gasteiger charge is 2.16. The van der Waals surface area contributed by atoms with Crippen LogP contribution in [0.5, 0.6) is 0 Å². The molecule has 0 aromatic carbocycles. The second kappa shape index (κ2) is 6.67. The molecule has 0 fully saturated rings. The van der Waals surface area contributed by atoms with Crippen molar-refractivity contribution in [1.82, 2.24) is 10.9 Å². The van der Waals surface area contributed by atoms with Crippen LogP contribution in [0.1, 0.15) is 53.9 Å². The van der Waals surface area contributed by atoms with Crippen LogP contribution in [0, 0.1) is 0 Å². The molecule has 0 aliphatic carbocycles. The highest BCUT2D eigenvalue weighted by atomic mass is 16.6. The monoisotopic (exact) mass is 216 g/mol. The number of carbonyl (C=O) groups excluding carboxylic acids is 1. The minimum absolute atomic E-state index is 0.275. The van der Waals surface area contributed by atoms with E-state index in [-0.39, 0.29) is 6.04 Å². The Kier molecular flexibility index (Phi) is 6.32. The normalized spacial score (nSPS) is 13.4. The minimum atomic E-state index is -0.446. The first-order valence-corrected chi connectivity index (χ1v) is 5.59. The van der Waals surface area contributed by atoms with Crippen molar-refractivity contribution in [2.45, 2.75) is 65.5 Å². The molecule has 0 radical (unpaired) electrons. The van der Waals surface area contributed by atoms with E-state index in [0.717, 1.165) is 12.8 Å². The lowest BCUT2D eigenvalue weighted by Crippen LogP contribution is -2.45. The molecule has 1 unspecified atom stereocenters. The van der Waals surface area contributed by atoms with E-state index in [1.807, 2.05) is 27.7 Å². The fourth-order valence-electron chi connectivity index (χ4n) is 1.07. The van der Waals surface area contributed by atoms with E-state index in [1.54, 1.807) is 0 Å². The molecule has 0 aromatic rings. The van der Waals surface area contributed by atoms with Gasteiger partial charge in [-0.2, -0.15) is 0 Å². The Labute approximate surface area is 92.7 Å². The van der Waals surface area contributed by atoms with Crippen LogP contribution < -0.4 is 10.9 Å². The molecule has 0 saturated heterocycles. The zero-order chi connectivity index (χ0) is 11.9. The van der Waals surface area contributed by atoms with Crippen molar-refractivity contribution in [3.63, 3.8) is 0 Å². The van der Waals surface area contributed by atoms with Gasteiger partial charge in [-0.1, -0.05) is 19.8 Å². The number of amides is 1. The smallest absolute Gasteiger partial charge is 0.422 e. The highest BCUT2D eigenvalue weighted by molar-refractivity contribution is 5.66. The van der Waals surface area contributed by atoms with E-state index >= 15 is 0 Å². The first-order chi connectivity index (χ1) is 6.85. The summed E-state index contributed by atoms with van der Waals surface area (Å²) in [5.41, 5.74) is 5.01. The summed E-state index contributed by atoms with van der Waals surface area (Å²) in [6.45, 7) is 9.70. The number of unbranched alkanes of at least 4 members (excludes halogenated alkanes) is 1. The zero-order valence-electron chi connectivity index (χ0n) is 10.5. The van der Waals surface area contributed by atoms with Gasteiger partial charge in [0.25, 0.3) is 0 Å². The number of hydrogen-bond donors (Lipinski definition) is 2. The van der Waals surface area contributed by atoms with Gasteiger partial charge in [-0.3, -0.25) is 5.43 Å². The average Bonchev–Trinajstić information content (AvgIpc) is 2.08. The van der Waals surface area contributed by atoms with Gasteiger partial charge < -0.3 is 4.74 Å². The van der Waals surface area contributed by atoms with Crippen molar-refractivity contribution in [2.24, 2.45) is 0 Å². The molecule has 4 heteroatoms. The first kappa shape index (κ1) is 14.2. The van der Waals surface area contributed by atoms with Gasteiger partial charge in [-0.05, 0) is 34.1 Å². The molecular formula is C11H24N2O2. The molecule has 0 bridgehead atoms. The molecule has 4 nitrogen and oxygen atoms in total. The molecule has 0 spiro atoms. The van der Waals surface area contributed by atoms with Crippen LogP contribution in [-0.4, -0.2) is 17.7 Å². The van der Waals surface area contributed by atoms with Gasteiger partial charge in [0.1, 0.15) is 5.60 Å². The number of hydrogen-bond acceptors (Lipinski definition) is 3. The Balaban J connectivity index is 3.62. The largest absolute Gasteiger partial charge is 0.443 e. The molecule has 2 N–H and O–H groups in total. The fourth-order valence-corrected chi connectivity index (χ4v) is 1.07. The molecule has 1 amide bonds. The number of rotatable bonds is 5. The third kappa shape index (κ3) is 9.53. The summed E-state index contributed by atoms with van der Waals surface area (Å²) in [5.74, 6) is 0. The first-order valence-electron chi connectivity index (χ1n) is 5.59. The van der Waals surface area contributed by atoms with Crippen molar-refractivity contribution in [3.8, 4) is 0 Å². The summed E-state index contributed by atoms with van der Waals surface area (Å²) < 4.78 is 5.08. The molecule has 0 aliphatic rings. The molecule has 0 aromatic heterocycles. The summed E-state index contributed by atoms with van der Waals surface area (Å²) in [4.78, 5) is 11.2. The van der Waals surface area contributed by atoms with Gasteiger partial charge in [0.2, 0.25) is 0 Å². The van der Waals surface area contributed by atoms with Gasteiger partial charge >= 0.3 is 6.09 Å². The van der Waals surface area contributed by atoms with Gasteiger partial charge in [-0.25, -0.2) is 10.2 Å². The van der Waals surface area contributed by atoms with Crippen molar-refractivity contribution in [1.29, 1.82) is 0 Å². The van der Waals surface area contributed by atoms with Crippen molar-refractivity contribution in [2.75, 3.05) is 0 Å². The maximum absolute atomic E-state index is 11.2. The van der Waals surface area contributed by atoms with Crippen LogP contribution in [0.25, 0.3) is 0 Å². The lowest BCUT2D eigenvalue weighted by atomic mass is 10.1. The summed E-state index contributed by atoms with van der Waals surface area (Å²) in [6, 6.07) is 0.275. The van der Waals surface area contributed by atoms with Crippen LogP contribution in [0.2, 0.25) is 0 Å². The minimum Gasteiger partial charge on any atom is -0.443 e. The topological polar surface area (TPSA) is 50.4 Å². The van der Waals surface area contributed by atoms with Gasteiger partial charge in [-0.15, -0.1) is 0 Å². The number of hydrazine groups is 1. The molecule has 0 aliphatic heterocycles. The maximum atomic E-state index is 11.2. The quantitative estimate of drug-likeness (QED) is 0.694. The summed E-state index contributed by atoms with van der Waals surface area (Å²) >= 11 is 0. The second-order valence-corrected chi connectivity index (χ2v) is 4.81. The lowest BCUT2D eigenvalue weighted by Gasteiger charge is -2.21. The summed E-state index contributed by atoms with van der Waals surface area (Å²) in [7, 11) is 0. The van der Waals surface area contributed by atoms with Gasteiger partial charge in [0, 0.05) is 6.04 Å². The van der Waals surface area contributed by atoms with E-state index < -0.39 is 11.7 Å². The van der Waals surface area contributed by atoms with Crippen LogP contribution in [0.4, 0.5) is 4.79 Å². The Morgan fingerprint density at radius 3 is 2.47 bits per heavy atom. The molecule has 0 saturated carbocycles. The van der Waals surface area contributed by atoms with Crippen molar-refractivity contribution < 1.29 is 9.53 Å². The van der Waals surface area contributed by atoms with Crippen LogP contribution >= 0.6 is 0 Å². The Morgan fingerprint density at radius 1 is 1.40 bits per heavy atom. The lowest BCUT2D eigenvalue weighted by molar-refractivity contribution is 0.0488. The number of nitrogens with one attached hydrogen (secondary N) is 2. The third-order valence-corrected chi connectivity index (χ3v) is 1.81. The van der Waals surface area contributed by atoms with Crippen molar-refractivity contribution in [3.05, 3.63) is 0 Å². The van der Waals surface area contributed by atoms with E-state index in [9.17, 15) is 4.79 Å². The summed E-state index contributed by atoms with van der Waals surface area (Å²) in [6.07, 6.45) is 2.94. The molecule has 0 rings (SSSR count). The zero-order valence-corrected chi connectivity index (χ0v) is 10.5.